The number of hydrogen-bond acceptors (Lipinski definition) is 3. The van der Waals surface area contributed by atoms with Crippen molar-refractivity contribution in [3.63, 3.8) is 0 Å². The molecule has 0 spiro atoms. The van der Waals surface area contributed by atoms with Gasteiger partial charge in [0.1, 0.15) is 12.0 Å². The molecule has 3 nitrogen and oxygen atoms in total. The van der Waals surface area contributed by atoms with Gasteiger partial charge in [0, 0.05) is 0 Å². The first-order valence-electron chi connectivity index (χ1n) is 3.36. The van der Waals surface area contributed by atoms with Crippen molar-refractivity contribution in [3.05, 3.63) is 12.2 Å². The molecule has 0 aromatic carbocycles. The first-order valence-corrected chi connectivity index (χ1v) is 3.36. The summed E-state index contributed by atoms with van der Waals surface area (Å²) in [6.07, 6.45) is 0. The minimum absolute atomic E-state index is 0.176. The van der Waals surface area contributed by atoms with E-state index < -0.39 is 11.4 Å². The second-order valence-corrected chi connectivity index (χ2v) is 2.86. The van der Waals surface area contributed by atoms with Crippen LogP contribution in [0.5, 0.6) is 0 Å². The van der Waals surface area contributed by atoms with Gasteiger partial charge in [0.05, 0.1) is 0 Å². The summed E-state index contributed by atoms with van der Waals surface area (Å²) in [6, 6.07) is 0. The molecular weight excluding hydrogens is 144 g/mol. The van der Waals surface area contributed by atoms with E-state index in [1.807, 2.05) is 0 Å². The monoisotopic (exact) mass is 154 g/mol. The Morgan fingerprint density at radius 1 is 1.73 bits per heavy atom. The fourth-order valence-corrected chi connectivity index (χ4v) is 0.978. The van der Waals surface area contributed by atoms with Crippen LogP contribution in [0.4, 0.5) is 0 Å². The van der Waals surface area contributed by atoms with Crippen LogP contribution in [-0.4, -0.2) is 18.4 Å². The number of rotatable bonds is 1. The number of cyclic esters (lactones) is 1. The van der Waals surface area contributed by atoms with E-state index in [2.05, 4.69) is 11.3 Å². The van der Waals surface area contributed by atoms with Gasteiger partial charge in [0.25, 0.3) is 0 Å². The summed E-state index contributed by atoms with van der Waals surface area (Å²) in [5.41, 5.74) is -0.532. The van der Waals surface area contributed by atoms with E-state index in [9.17, 15) is 9.59 Å². The minimum Gasteiger partial charge on any atom is -0.460 e. The highest BCUT2D eigenvalue weighted by atomic mass is 16.5. The molecular formula is C8H10O3. The first kappa shape index (κ1) is 7.98. The van der Waals surface area contributed by atoms with Gasteiger partial charge < -0.3 is 4.74 Å². The first-order chi connectivity index (χ1) is 4.99. The van der Waals surface area contributed by atoms with Crippen LogP contribution in [0.15, 0.2) is 12.2 Å². The van der Waals surface area contributed by atoms with Gasteiger partial charge >= 0.3 is 5.97 Å². The summed E-state index contributed by atoms with van der Waals surface area (Å²) in [5, 5.41) is 0. The normalized spacial score (nSPS) is 30.4. The van der Waals surface area contributed by atoms with Crippen molar-refractivity contribution in [1.82, 2.24) is 0 Å². The second-order valence-electron chi connectivity index (χ2n) is 2.86. The Balaban J connectivity index is 3.08. The lowest BCUT2D eigenvalue weighted by molar-refractivity contribution is -0.149. The molecule has 1 atom stereocenters. The van der Waals surface area contributed by atoms with Crippen molar-refractivity contribution in [2.45, 2.75) is 13.8 Å². The van der Waals surface area contributed by atoms with Gasteiger partial charge in [-0.25, -0.2) is 0 Å². The van der Waals surface area contributed by atoms with Crippen LogP contribution < -0.4 is 0 Å². The fourth-order valence-electron chi connectivity index (χ4n) is 0.978. The average Bonchev–Trinajstić information content (AvgIpc) is 2.18. The molecule has 0 N–H and O–H groups in total. The number of ketones is 1. The molecule has 0 aromatic rings. The van der Waals surface area contributed by atoms with Crippen LogP contribution in [0.3, 0.4) is 0 Å². The van der Waals surface area contributed by atoms with Gasteiger partial charge in [-0.1, -0.05) is 6.58 Å². The number of esters is 1. The third-order valence-corrected chi connectivity index (χ3v) is 2.20. The largest absolute Gasteiger partial charge is 0.460 e. The lowest BCUT2D eigenvalue weighted by Gasteiger charge is -2.15. The van der Waals surface area contributed by atoms with Crippen LogP contribution in [0.1, 0.15) is 13.8 Å². The van der Waals surface area contributed by atoms with Crippen molar-refractivity contribution in [3.8, 4) is 0 Å². The SMILES string of the molecule is C=C1COC(=O)[C@]1(C)C(C)=O. The van der Waals surface area contributed by atoms with E-state index in [0.717, 1.165) is 0 Å². The maximum Gasteiger partial charge on any atom is 0.323 e. The molecule has 0 unspecified atom stereocenters. The summed E-state index contributed by atoms with van der Waals surface area (Å²) in [5.74, 6) is -0.681. The number of carbonyl (C=O) groups is 2. The Bertz CT molecular complexity index is 224. The number of hydrogen-bond donors (Lipinski definition) is 0. The van der Waals surface area contributed by atoms with Crippen LogP contribution in [0.25, 0.3) is 0 Å². The van der Waals surface area contributed by atoms with Crippen LogP contribution in [-0.2, 0) is 14.3 Å². The molecule has 1 heterocycles. The Labute approximate surface area is 65.0 Å². The number of carbonyl (C=O) groups excluding carboxylic acids is 2. The molecule has 11 heavy (non-hydrogen) atoms. The van der Waals surface area contributed by atoms with Crippen molar-refractivity contribution in [2.75, 3.05) is 6.61 Å². The Hall–Kier alpha value is -1.12. The van der Waals surface area contributed by atoms with E-state index in [0.29, 0.717) is 5.57 Å². The van der Waals surface area contributed by atoms with Crippen LogP contribution in [0, 0.1) is 5.41 Å². The molecule has 0 aliphatic carbocycles. The molecule has 1 saturated heterocycles. The molecule has 1 rings (SSSR count). The second kappa shape index (κ2) is 2.19. The maximum atomic E-state index is 11.0. The van der Waals surface area contributed by atoms with Crippen LogP contribution >= 0.6 is 0 Å². The molecule has 0 aromatic heterocycles. The molecule has 1 aliphatic rings. The number of ether oxygens (including phenoxy) is 1. The predicted molar refractivity (Wildman–Crippen MR) is 38.9 cm³/mol. The summed E-state index contributed by atoms with van der Waals surface area (Å²) in [4.78, 5) is 22.1. The zero-order valence-corrected chi connectivity index (χ0v) is 6.64. The Morgan fingerprint density at radius 3 is 2.45 bits per heavy atom. The lowest BCUT2D eigenvalue weighted by atomic mass is 9.82. The highest BCUT2D eigenvalue weighted by Gasteiger charge is 2.47. The van der Waals surface area contributed by atoms with E-state index in [1.54, 1.807) is 6.92 Å². The number of Topliss-reactive ketones (excluding diaryl/α,β-unsaturated/α-hetero) is 1. The van der Waals surface area contributed by atoms with Crippen molar-refractivity contribution in [1.29, 1.82) is 0 Å². The van der Waals surface area contributed by atoms with Crippen molar-refractivity contribution in [2.24, 2.45) is 5.41 Å². The van der Waals surface area contributed by atoms with E-state index in [-0.39, 0.29) is 12.4 Å². The summed E-state index contributed by atoms with van der Waals surface area (Å²) >= 11 is 0. The van der Waals surface area contributed by atoms with E-state index in [1.165, 1.54) is 6.92 Å². The van der Waals surface area contributed by atoms with Crippen LogP contribution in [0.2, 0.25) is 0 Å². The molecule has 1 fully saturated rings. The standard InChI is InChI=1S/C8H10O3/c1-5-4-11-7(10)8(5,3)6(2)9/h1,4H2,2-3H3/t8-/m0/s1. The van der Waals surface area contributed by atoms with Gasteiger partial charge in [0.15, 0.2) is 5.78 Å². The Kier molecular flexibility index (Phi) is 1.59. The summed E-state index contributed by atoms with van der Waals surface area (Å²) in [7, 11) is 0. The third kappa shape index (κ3) is 0.878. The van der Waals surface area contributed by atoms with Gasteiger partial charge in [-0.05, 0) is 19.4 Å². The lowest BCUT2D eigenvalue weighted by Crippen LogP contribution is -2.31. The summed E-state index contributed by atoms with van der Waals surface area (Å²) in [6.45, 7) is 6.71. The molecule has 0 amide bonds. The molecule has 1 aliphatic heterocycles. The highest BCUT2D eigenvalue weighted by molar-refractivity contribution is 6.07. The topological polar surface area (TPSA) is 43.4 Å². The predicted octanol–water partition coefficient (Wildman–Crippen LogP) is 0.695. The van der Waals surface area contributed by atoms with Gasteiger partial charge in [0.2, 0.25) is 0 Å². The molecule has 3 heteroatoms. The van der Waals surface area contributed by atoms with Gasteiger partial charge in [-0.15, -0.1) is 0 Å². The fraction of sp³-hybridized carbons (Fsp3) is 0.500. The van der Waals surface area contributed by atoms with Gasteiger partial charge in [-0.3, -0.25) is 9.59 Å². The summed E-state index contributed by atoms with van der Waals surface area (Å²) < 4.78 is 4.68. The molecule has 0 saturated carbocycles. The quantitative estimate of drug-likeness (QED) is 0.317. The van der Waals surface area contributed by atoms with Crippen molar-refractivity contribution < 1.29 is 14.3 Å². The molecule has 0 bridgehead atoms. The van der Waals surface area contributed by atoms with E-state index in [4.69, 9.17) is 0 Å². The van der Waals surface area contributed by atoms with E-state index >= 15 is 0 Å². The van der Waals surface area contributed by atoms with Gasteiger partial charge in [-0.2, -0.15) is 0 Å². The van der Waals surface area contributed by atoms with Crippen molar-refractivity contribution >= 4 is 11.8 Å². The third-order valence-electron chi connectivity index (χ3n) is 2.20. The molecule has 60 valence electrons. The molecule has 0 radical (unpaired) electrons. The minimum atomic E-state index is -1.08. The zero-order valence-electron chi connectivity index (χ0n) is 6.64. The smallest absolute Gasteiger partial charge is 0.323 e. The Morgan fingerprint density at radius 2 is 2.27 bits per heavy atom. The maximum absolute atomic E-state index is 11.0. The zero-order chi connectivity index (χ0) is 8.65. The average molecular weight is 154 g/mol. The highest BCUT2D eigenvalue weighted by Crippen LogP contribution is 2.34.